The summed E-state index contributed by atoms with van der Waals surface area (Å²) in [7, 11) is 0. The second-order valence-corrected chi connectivity index (χ2v) is 6.24. The smallest absolute Gasteiger partial charge is 0.0438 e. The Morgan fingerprint density at radius 2 is 1.88 bits per heavy atom. The van der Waals surface area contributed by atoms with Crippen LogP contribution in [0.1, 0.15) is 24.8 Å². The lowest BCUT2D eigenvalue weighted by molar-refractivity contribution is 0.303. The molecule has 2 saturated carbocycles. The van der Waals surface area contributed by atoms with Gasteiger partial charge in [-0.2, -0.15) is 0 Å². The third-order valence-electron chi connectivity index (χ3n) is 4.27. The third kappa shape index (κ3) is 1.87. The van der Waals surface area contributed by atoms with Crippen LogP contribution in [-0.4, -0.2) is 5.88 Å². The van der Waals surface area contributed by atoms with Gasteiger partial charge in [0, 0.05) is 10.9 Å². The first-order valence-corrected chi connectivity index (χ1v) is 6.93. The van der Waals surface area contributed by atoms with E-state index >= 15 is 0 Å². The van der Waals surface area contributed by atoms with E-state index in [-0.39, 0.29) is 0 Å². The molecule has 0 amide bonds. The van der Waals surface area contributed by atoms with Crippen LogP contribution in [0, 0.1) is 17.3 Å². The second-order valence-electron chi connectivity index (χ2n) is 5.57. The molecule has 2 fully saturated rings. The van der Waals surface area contributed by atoms with Crippen molar-refractivity contribution in [3.05, 3.63) is 34.9 Å². The van der Waals surface area contributed by atoms with Crippen LogP contribution in [0.2, 0.25) is 5.02 Å². The van der Waals surface area contributed by atoms with Crippen molar-refractivity contribution in [3.63, 3.8) is 0 Å². The van der Waals surface area contributed by atoms with Crippen LogP contribution in [0.3, 0.4) is 0 Å². The molecule has 0 aliphatic heterocycles. The SMILES string of the molecule is ClCC1(Cc2ccccc2Cl)CC2CC2C1. The minimum atomic E-state index is 0.333. The number of fused-ring (bicyclic) bond motifs is 1. The predicted octanol–water partition coefficient (Wildman–Crippen LogP) is 4.54. The summed E-state index contributed by atoms with van der Waals surface area (Å²) in [5.74, 6) is 2.73. The van der Waals surface area contributed by atoms with E-state index in [1.807, 2.05) is 12.1 Å². The summed E-state index contributed by atoms with van der Waals surface area (Å²) >= 11 is 12.4. The maximum Gasteiger partial charge on any atom is 0.0438 e. The lowest BCUT2D eigenvalue weighted by atomic mass is 9.79. The third-order valence-corrected chi connectivity index (χ3v) is 5.20. The van der Waals surface area contributed by atoms with E-state index in [4.69, 9.17) is 23.2 Å². The predicted molar refractivity (Wildman–Crippen MR) is 69.1 cm³/mol. The Morgan fingerprint density at radius 3 is 2.50 bits per heavy atom. The summed E-state index contributed by atoms with van der Waals surface area (Å²) in [4.78, 5) is 0. The molecule has 0 aromatic heterocycles. The van der Waals surface area contributed by atoms with Crippen LogP contribution in [0.15, 0.2) is 24.3 Å². The first kappa shape index (κ1) is 10.9. The molecule has 0 nitrogen and oxygen atoms in total. The van der Waals surface area contributed by atoms with Crippen molar-refractivity contribution in [3.8, 4) is 0 Å². The summed E-state index contributed by atoms with van der Waals surface area (Å²) < 4.78 is 0. The molecule has 0 saturated heterocycles. The van der Waals surface area contributed by atoms with E-state index in [0.29, 0.717) is 5.41 Å². The van der Waals surface area contributed by atoms with Crippen molar-refractivity contribution in [1.82, 2.24) is 0 Å². The van der Waals surface area contributed by atoms with Gasteiger partial charge in [-0.3, -0.25) is 0 Å². The van der Waals surface area contributed by atoms with Crippen molar-refractivity contribution >= 4 is 23.2 Å². The second kappa shape index (κ2) is 3.92. The molecule has 1 aromatic rings. The monoisotopic (exact) mass is 254 g/mol. The van der Waals surface area contributed by atoms with Crippen LogP contribution in [0.5, 0.6) is 0 Å². The highest BCUT2D eigenvalue weighted by molar-refractivity contribution is 6.31. The van der Waals surface area contributed by atoms with Gasteiger partial charge in [0.15, 0.2) is 0 Å². The van der Waals surface area contributed by atoms with Gasteiger partial charge >= 0.3 is 0 Å². The van der Waals surface area contributed by atoms with Gasteiger partial charge in [-0.05, 0) is 54.6 Å². The molecule has 2 atom stereocenters. The Kier molecular flexibility index (Phi) is 2.68. The number of hydrogen-bond acceptors (Lipinski definition) is 0. The minimum absolute atomic E-state index is 0.333. The Hall–Kier alpha value is -0.200. The van der Waals surface area contributed by atoms with E-state index < -0.39 is 0 Å². The molecular formula is C14H16Cl2. The molecule has 0 bridgehead atoms. The quantitative estimate of drug-likeness (QED) is 0.696. The molecule has 0 spiro atoms. The Morgan fingerprint density at radius 1 is 1.19 bits per heavy atom. The summed E-state index contributed by atoms with van der Waals surface area (Å²) in [6.45, 7) is 0. The maximum atomic E-state index is 6.23. The van der Waals surface area contributed by atoms with E-state index in [9.17, 15) is 0 Å². The molecular weight excluding hydrogens is 239 g/mol. The fraction of sp³-hybridized carbons (Fsp3) is 0.571. The topological polar surface area (TPSA) is 0 Å². The van der Waals surface area contributed by atoms with E-state index in [1.165, 1.54) is 24.8 Å². The molecule has 86 valence electrons. The van der Waals surface area contributed by atoms with Gasteiger partial charge in [-0.25, -0.2) is 0 Å². The van der Waals surface area contributed by atoms with Crippen molar-refractivity contribution in [2.75, 3.05) is 5.88 Å². The zero-order valence-corrected chi connectivity index (χ0v) is 10.8. The normalized spacial score (nSPS) is 36.1. The summed E-state index contributed by atoms with van der Waals surface area (Å²) in [5, 5.41) is 0.896. The van der Waals surface area contributed by atoms with Crippen molar-refractivity contribution in [2.45, 2.75) is 25.7 Å². The average molecular weight is 255 g/mol. The first-order valence-electron chi connectivity index (χ1n) is 6.02. The largest absolute Gasteiger partial charge is 0.126 e. The van der Waals surface area contributed by atoms with E-state index in [1.54, 1.807) is 0 Å². The summed E-state index contributed by atoms with van der Waals surface area (Å²) in [5.41, 5.74) is 1.60. The zero-order chi connectivity index (χ0) is 11.2. The molecule has 0 N–H and O–H groups in total. The standard InChI is InChI=1S/C14H16Cl2/c15-9-14(7-11-5-12(11)8-14)6-10-3-1-2-4-13(10)16/h1-4,11-12H,5-9H2. The minimum Gasteiger partial charge on any atom is -0.126 e. The Balaban J connectivity index is 1.80. The van der Waals surface area contributed by atoms with Crippen LogP contribution < -0.4 is 0 Å². The van der Waals surface area contributed by atoms with Crippen molar-refractivity contribution < 1.29 is 0 Å². The van der Waals surface area contributed by atoms with Gasteiger partial charge in [0.2, 0.25) is 0 Å². The van der Waals surface area contributed by atoms with Crippen LogP contribution in [0.4, 0.5) is 0 Å². The summed E-state index contributed by atoms with van der Waals surface area (Å²) in [6, 6.07) is 8.18. The highest BCUT2D eigenvalue weighted by Gasteiger charge is 2.53. The number of alkyl halides is 1. The van der Waals surface area contributed by atoms with Crippen LogP contribution in [0.25, 0.3) is 0 Å². The molecule has 16 heavy (non-hydrogen) atoms. The molecule has 0 heterocycles. The van der Waals surface area contributed by atoms with Gasteiger partial charge in [-0.15, -0.1) is 11.6 Å². The summed E-state index contributed by atoms with van der Waals surface area (Å²) in [6.07, 6.45) is 5.13. The lowest BCUT2D eigenvalue weighted by Crippen LogP contribution is -2.24. The molecule has 3 rings (SSSR count). The van der Waals surface area contributed by atoms with Gasteiger partial charge < -0.3 is 0 Å². The highest BCUT2D eigenvalue weighted by atomic mass is 35.5. The molecule has 2 heteroatoms. The zero-order valence-electron chi connectivity index (χ0n) is 9.26. The Bertz CT molecular complexity index is 389. The van der Waals surface area contributed by atoms with E-state index in [2.05, 4.69) is 12.1 Å². The van der Waals surface area contributed by atoms with Crippen LogP contribution >= 0.6 is 23.2 Å². The fourth-order valence-electron chi connectivity index (χ4n) is 3.35. The maximum absolute atomic E-state index is 6.23. The van der Waals surface area contributed by atoms with Gasteiger partial charge in [0.25, 0.3) is 0 Å². The Labute approximate surface area is 107 Å². The average Bonchev–Trinajstić information content (AvgIpc) is 2.91. The highest BCUT2D eigenvalue weighted by Crippen LogP contribution is 2.61. The van der Waals surface area contributed by atoms with Crippen molar-refractivity contribution in [2.24, 2.45) is 17.3 Å². The lowest BCUT2D eigenvalue weighted by Gasteiger charge is -2.29. The molecule has 2 aliphatic rings. The fourth-order valence-corrected chi connectivity index (χ4v) is 3.87. The number of halogens is 2. The number of rotatable bonds is 3. The van der Waals surface area contributed by atoms with Gasteiger partial charge in [0.1, 0.15) is 0 Å². The molecule has 0 radical (unpaired) electrons. The van der Waals surface area contributed by atoms with Crippen molar-refractivity contribution in [1.29, 1.82) is 0 Å². The van der Waals surface area contributed by atoms with E-state index in [0.717, 1.165) is 29.2 Å². The molecule has 2 aliphatic carbocycles. The van der Waals surface area contributed by atoms with Crippen LogP contribution in [-0.2, 0) is 6.42 Å². The van der Waals surface area contributed by atoms with Gasteiger partial charge in [0.05, 0.1) is 0 Å². The molecule has 2 unspecified atom stereocenters. The van der Waals surface area contributed by atoms with Gasteiger partial charge in [-0.1, -0.05) is 29.8 Å². The number of hydrogen-bond donors (Lipinski definition) is 0. The molecule has 1 aromatic carbocycles. The number of benzene rings is 1. The first-order chi connectivity index (χ1) is 7.72.